The van der Waals surface area contributed by atoms with Crippen LogP contribution in [-0.4, -0.2) is 24.6 Å². The third kappa shape index (κ3) is 3.32. The normalized spacial score (nSPS) is 11.0. The molecule has 0 radical (unpaired) electrons. The lowest BCUT2D eigenvalue weighted by Crippen LogP contribution is -2.34. The number of rotatable bonds is 3. The van der Waals surface area contributed by atoms with Crippen LogP contribution in [0.15, 0.2) is 41.4 Å². The number of nitrogens with zero attached hydrogens (tertiary/aromatic N) is 1. The van der Waals surface area contributed by atoms with Gasteiger partial charge in [-0.25, -0.2) is 17.9 Å². The molecule has 1 aromatic heterocycles. The maximum atomic E-state index is 11.9. The highest BCUT2D eigenvalue weighted by atomic mass is 32.2. The maximum Gasteiger partial charge on any atom is 0.334 e. The van der Waals surface area contributed by atoms with E-state index in [-0.39, 0.29) is 10.7 Å². The zero-order chi connectivity index (χ0) is 13.9. The van der Waals surface area contributed by atoms with Crippen molar-refractivity contribution < 1.29 is 13.2 Å². The highest BCUT2D eigenvalue weighted by Crippen LogP contribution is 2.10. The molecule has 100 valence electrons. The second-order valence-corrected chi connectivity index (χ2v) is 5.51. The van der Waals surface area contributed by atoms with E-state index in [1.54, 1.807) is 12.1 Å². The van der Waals surface area contributed by atoms with E-state index in [2.05, 4.69) is 15.5 Å². The summed E-state index contributed by atoms with van der Waals surface area (Å²) < 4.78 is 25.7. The summed E-state index contributed by atoms with van der Waals surface area (Å²) in [6.45, 7) is 1.84. The molecule has 2 aromatic rings. The predicted octanol–water partition coefficient (Wildman–Crippen LogP) is 1.23. The van der Waals surface area contributed by atoms with Crippen LogP contribution in [0.3, 0.4) is 0 Å². The summed E-state index contributed by atoms with van der Waals surface area (Å²) >= 11 is 0. The van der Waals surface area contributed by atoms with Crippen LogP contribution in [0.25, 0.3) is 0 Å². The Hall–Kier alpha value is -2.35. The number of aromatic amines is 1. The Balaban J connectivity index is 2.09. The first-order chi connectivity index (χ1) is 8.97. The predicted molar refractivity (Wildman–Crippen MR) is 69.1 cm³/mol. The van der Waals surface area contributed by atoms with Crippen LogP contribution in [0.2, 0.25) is 0 Å². The molecule has 2 amide bonds. The average Bonchev–Trinajstić information content (AvgIpc) is 2.81. The summed E-state index contributed by atoms with van der Waals surface area (Å²) in [6.07, 6.45) is 1.50. The molecule has 19 heavy (non-hydrogen) atoms. The molecule has 8 heteroatoms. The van der Waals surface area contributed by atoms with Crippen molar-refractivity contribution in [2.45, 2.75) is 11.8 Å². The third-order valence-electron chi connectivity index (χ3n) is 2.30. The summed E-state index contributed by atoms with van der Waals surface area (Å²) in [6, 6.07) is 6.80. The monoisotopic (exact) mass is 280 g/mol. The van der Waals surface area contributed by atoms with E-state index in [1.807, 2.05) is 11.6 Å². The first-order valence-corrected chi connectivity index (χ1v) is 6.86. The molecule has 0 aliphatic heterocycles. The Morgan fingerprint density at radius 1 is 1.21 bits per heavy atom. The van der Waals surface area contributed by atoms with Crippen molar-refractivity contribution in [3.05, 3.63) is 42.1 Å². The highest BCUT2D eigenvalue weighted by Gasteiger charge is 2.17. The molecule has 0 atom stereocenters. The molecule has 1 aromatic carbocycles. The lowest BCUT2D eigenvalue weighted by atomic mass is 10.2. The molecular formula is C11H12N4O3S. The van der Waals surface area contributed by atoms with Crippen molar-refractivity contribution in [1.82, 2.24) is 14.9 Å². The number of H-pyrrole nitrogens is 1. The molecule has 0 fully saturated rings. The number of hydrogen-bond donors (Lipinski definition) is 3. The first-order valence-electron chi connectivity index (χ1n) is 5.37. The third-order valence-corrected chi connectivity index (χ3v) is 3.65. The SMILES string of the molecule is Cc1ccc(S(=O)(=O)NC(=O)Nc2cc[nH]n2)cc1. The van der Waals surface area contributed by atoms with Gasteiger partial charge in [0.15, 0.2) is 5.82 Å². The van der Waals surface area contributed by atoms with E-state index in [4.69, 9.17) is 0 Å². The molecule has 1 heterocycles. The number of aromatic nitrogens is 2. The number of sulfonamides is 1. The number of aryl methyl sites for hydroxylation is 1. The van der Waals surface area contributed by atoms with Gasteiger partial charge in [-0.05, 0) is 19.1 Å². The number of nitrogens with one attached hydrogen (secondary N) is 3. The summed E-state index contributed by atoms with van der Waals surface area (Å²) in [4.78, 5) is 11.5. The van der Waals surface area contributed by atoms with Gasteiger partial charge in [0.05, 0.1) is 4.90 Å². The van der Waals surface area contributed by atoms with E-state index in [9.17, 15) is 13.2 Å². The number of amides is 2. The molecule has 0 bridgehead atoms. The van der Waals surface area contributed by atoms with Gasteiger partial charge in [-0.3, -0.25) is 10.4 Å². The van der Waals surface area contributed by atoms with Gasteiger partial charge in [0, 0.05) is 12.3 Å². The second-order valence-electron chi connectivity index (χ2n) is 3.83. The van der Waals surface area contributed by atoms with Crippen LogP contribution >= 0.6 is 0 Å². The van der Waals surface area contributed by atoms with Crippen molar-refractivity contribution in [1.29, 1.82) is 0 Å². The standard InChI is InChI=1S/C11H12N4O3S/c1-8-2-4-9(5-3-8)19(17,18)15-11(16)13-10-6-7-12-14-10/h2-7H,1H3,(H3,12,13,14,15,16). The Kier molecular flexibility index (Phi) is 3.52. The molecule has 3 N–H and O–H groups in total. The summed E-state index contributed by atoms with van der Waals surface area (Å²) in [5.41, 5.74) is 0.930. The topological polar surface area (TPSA) is 104 Å². The Morgan fingerprint density at radius 3 is 2.47 bits per heavy atom. The average molecular weight is 280 g/mol. The summed E-state index contributed by atoms with van der Waals surface area (Å²) in [5, 5.41) is 8.46. The number of carbonyl (C=O) groups excluding carboxylic acids is 1. The zero-order valence-corrected chi connectivity index (χ0v) is 10.9. The maximum absolute atomic E-state index is 11.9. The Labute approximate surface area is 110 Å². The molecule has 0 spiro atoms. The molecular weight excluding hydrogens is 268 g/mol. The minimum absolute atomic E-state index is 0.0234. The summed E-state index contributed by atoms with van der Waals surface area (Å²) in [7, 11) is -3.88. The van der Waals surface area contributed by atoms with E-state index in [0.29, 0.717) is 0 Å². The molecule has 0 aliphatic rings. The van der Waals surface area contributed by atoms with E-state index < -0.39 is 16.1 Å². The van der Waals surface area contributed by atoms with Crippen LogP contribution < -0.4 is 10.0 Å². The number of anilines is 1. The van der Waals surface area contributed by atoms with Crippen LogP contribution in [0.5, 0.6) is 0 Å². The van der Waals surface area contributed by atoms with Gasteiger partial charge >= 0.3 is 6.03 Å². The minimum Gasteiger partial charge on any atom is -0.290 e. The van der Waals surface area contributed by atoms with Gasteiger partial charge in [0.25, 0.3) is 10.0 Å². The molecule has 0 saturated heterocycles. The Bertz CT molecular complexity index is 662. The Morgan fingerprint density at radius 2 is 1.89 bits per heavy atom. The number of urea groups is 1. The largest absolute Gasteiger partial charge is 0.334 e. The fourth-order valence-electron chi connectivity index (χ4n) is 1.37. The fourth-order valence-corrected chi connectivity index (χ4v) is 2.28. The zero-order valence-electron chi connectivity index (χ0n) is 10.0. The van der Waals surface area contributed by atoms with Crippen LogP contribution in [0.4, 0.5) is 10.6 Å². The van der Waals surface area contributed by atoms with Crippen molar-refractivity contribution >= 4 is 21.9 Å². The smallest absolute Gasteiger partial charge is 0.290 e. The van der Waals surface area contributed by atoms with Gasteiger partial charge in [0.2, 0.25) is 0 Å². The quantitative estimate of drug-likeness (QED) is 0.786. The van der Waals surface area contributed by atoms with Crippen molar-refractivity contribution in [2.75, 3.05) is 5.32 Å². The molecule has 0 aliphatic carbocycles. The fraction of sp³-hybridized carbons (Fsp3) is 0.0909. The molecule has 7 nitrogen and oxygen atoms in total. The number of benzene rings is 1. The van der Waals surface area contributed by atoms with E-state index in [1.165, 1.54) is 24.4 Å². The minimum atomic E-state index is -3.88. The van der Waals surface area contributed by atoms with Crippen LogP contribution in [0, 0.1) is 6.92 Å². The molecule has 0 unspecified atom stereocenters. The first kappa shape index (κ1) is 13.1. The van der Waals surface area contributed by atoms with Gasteiger partial charge in [-0.1, -0.05) is 17.7 Å². The lowest BCUT2D eigenvalue weighted by Gasteiger charge is -2.07. The van der Waals surface area contributed by atoms with Crippen molar-refractivity contribution in [2.24, 2.45) is 0 Å². The van der Waals surface area contributed by atoms with Crippen molar-refractivity contribution in [3.8, 4) is 0 Å². The number of hydrogen-bond acceptors (Lipinski definition) is 4. The molecule has 2 rings (SSSR count). The van der Waals surface area contributed by atoms with E-state index >= 15 is 0 Å². The van der Waals surface area contributed by atoms with Gasteiger partial charge in [-0.2, -0.15) is 5.10 Å². The highest BCUT2D eigenvalue weighted by molar-refractivity contribution is 7.90. The van der Waals surface area contributed by atoms with Crippen LogP contribution in [0.1, 0.15) is 5.56 Å². The lowest BCUT2D eigenvalue weighted by molar-refractivity contribution is 0.256. The van der Waals surface area contributed by atoms with E-state index in [0.717, 1.165) is 5.56 Å². The van der Waals surface area contributed by atoms with Gasteiger partial charge in [-0.15, -0.1) is 0 Å². The summed E-state index contributed by atoms with van der Waals surface area (Å²) in [5.74, 6) is 0.233. The number of carbonyl (C=O) groups is 1. The molecule has 0 saturated carbocycles. The van der Waals surface area contributed by atoms with Crippen molar-refractivity contribution in [3.63, 3.8) is 0 Å². The van der Waals surface area contributed by atoms with Gasteiger partial charge in [0.1, 0.15) is 0 Å². The van der Waals surface area contributed by atoms with Gasteiger partial charge < -0.3 is 0 Å². The van der Waals surface area contributed by atoms with Crippen LogP contribution in [-0.2, 0) is 10.0 Å². The second kappa shape index (κ2) is 5.11.